The Bertz CT molecular complexity index is 319. The van der Waals surface area contributed by atoms with Crippen LogP contribution in [0.3, 0.4) is 0 Å². The molecule has 0 amide bonds. The van der Waals surface area contributed by atoms with E-state index in [-0.39, 0.29) is 12.3 Å². The Labute approximate surface area is 73.9 Å². The minimum absolute atomic E-state index is 0.105. The number of primary sulfonamides is 1. The van der Waals surface area contributed by atoms with E-state index in [0.29, 0.717) is 5.13 Å². The molecule has 12 heavy (non-hydrogen) atoms. The first-order chi connectivity index (χ1) is 5.58. The number of anilines is 1. The van der Waals surface area contributed by atoms with Crippen LogP contribution in [-0.2, 0) is 10.0 Å². The standard InChI is InChI=1S/C4H8N4O2S2/c5-12(9,10)2-1-6-4-8-7-3-11-4/h3H,1-2H2,(H,6,8)(H2,5,9,10). The van der Waals surface area contributed by atoms with Gasteiger partial charge in [0.15, 0.2) is 0 Å². The van der Waals surface area contributed by atoms with E-state index in [9.17, 15) is 8.42 Å². The molecule has 1 aromatic rings. The zero-order chi connectivity index (χ0) is 9.03. The van der Waals surface area contributed by atoms with Crippen molar-refractivity contribution in [3.8, 4) is 0 Å². The van der Waals surface area contributed by atoms with Gasteiger partial charge in [-0.25, -0.2) is 13.6 Å². The number of rotatable bonds is 4. The summed E-state index contributed by atoms with van der Waals surface area (Å²) in [5, 5.41) is 15.4. The summed E-state index contributed by atoms with van der Waals surface area (Å²) in [5.41, 5.74) is 1.55. The molecule has 1 rings (SSSR count). The molecule has 1 aromatic heterocycles. The molecule has 0 radical (unpaired) electrons. The summed E-state index contributed by atoms with van der Waals surface area (Å²) in [6, 6.07) is 0. The van der Waals surface area contributed by atoms with Crippen LogP contribution in [0.1, 0.15) is 0 Å². The highest BCUT2D eigenvalue weighted by atomic mass is 32.2. The minimum atomic E-state index is -3.38. The first-order valence-electron chi connectivity index (χ1n) is 3.08. The number of nitrogens with zero attached hydrogens (tertiary/aromatic N) is 2. The van der Waals surface area contributed by atoms with Crippen molar-refractivity contribution in [3.05, 3.63) is 5.51 Å². The fraction of sp³-hybridized carbons (Fsp3) is 0.500. The van der Waals surface area contributed by atoms with E-state index >= 15 is 0 Å². The van der Waals surface area contributed by atoms with Crippen LogP contribution in [0, 0.1) is 0 Å². The van der Waals surface area contributed by atoms with Crippen molar-refractivity contribution in [3.63, 3.8) is 0 Å². The zero-order valence-electron chi connectivity index (χ0n) is 6.10. The second-order valence-electron chi connectivity index (χ2n) is 2.04. The number of hydrogen-bond acceptors (Lipinski definition) is 6. The fourth-order valence-electron chi connectivity index (χ4n) is 0.550. The highest BCUT2D eigenvalue weighted by Crippen LogP contribution is 2.06. The maximum atomic E-state index is 10.5. The molecule has 0 spiro atoms. The quantitative estimate of drug-likeness (QED) is 0.677. The topological polar surface area (TPSA) is 98.0 Å². The lowest BCUT2D eigenvalue weighted by molar-refractivity contribution is 0.598. The van der Waals surface area contributed by atoms with Gasteiger partial charge in [-0.3, -0.25) is 0 Å². The van der Waals surface area contributed by atoms with Gasteiger partial charge in [0.05, 0.1) is 5.75 Å². The third-order valence-electron chi connectivity index (χ3n) is 1.02. The summed E-state index contributed by atoms with van der Waals surface area (Å²) in [7, 11) is -3.38. The smallest absolute Gasteiger partial charge is 0.210 e. The molecule has 68 valence electrons. The lowest BCUT2D eigenvalue weighted by Crippen LogP contribution is -2.22. The number of nitrogens with one attached hydrogen (secondary N) is 1. The lowest BCUT2D eigenvalue weighted by atomic mass is 10.7. The monoisotopic (exact) mass is 208 g/mol. The molecule has 3 N–H and O–H groups in total. The van der Waals surface area contributed by atoms with Crippen LogP contribution < -0.4 is 10.5 Å². The number of nitrogens with two attached hydrogens (primary N) is 1. The minimum Gasteiger partial charge on any atom is -0.359 e. The molecule has 6 nitrogen and oxygen atoms in total. The van der Waals surface area contributed by atoms with Gasteiger partial charge < -0.3 is 5.32 Å². The normalized spacial score (nSPS) is 11.4. The zero-order valence-corrected chi connectivity index (χ0v) is 7.73. The van der Waals surface area contributed by atoms with Gasteiger partial charge in [0.2, 0.25) is 15.2 Å². The average Bonchev–Trinajstić information content (AvgIpc) is 2.36. The Morgan fingerprint density at radius 1 is 1.67 bits per heavy atom. The number of sulfonamides is 1. The van der Waals surface area contributed by atoms with Crippen molar-refractivity contribution in [2.75, 3.05) is 17.6 Å². The van der Waals surface area contributed by atoms with Gasteiger partial charge in [0.1, 0.15) is 5.51 Å². The van der Waals surface area contributed by atoms with Crippen LogP contribution in [0.2, 0.25) is 0 Å². The van der Waals surface area contributed by atoms with Crippen LogP contribution in [0.15, 0.2) is 5.51 Å². The molecule has 0 atom stereocenters. The first kappa shape index (κ1) is 9.36. The Balaban J connectivity index is 2.29. The van der Waals surface area contributed by atoms with Crippen molar-refractivity contribution >= 4 is 26.5 Å². The highest BCUT2D eigenvalue weighted by Gasteiger charge is 2.02. The van der Waals surface area contributed by atoms with Crippen LogP contribution in [-0.4, -0.2) is 30.9 Å². The van der Waals surface area contributed by atoms with Gasteiger partial charge in [-0.15, -0.1) is 10.2 Å². The van der Waals surface area contributed by atoms with Gasteiger partial charge in [-0.05, 0) is 0 Å². The maximum Gasteiger partial charge on any atom is 0.210 e. The molecule has 0 aliphatic rings. The van der Waals surface area contributed by atoms with Crippen molar-refractivity contribution in [1.82, 2.24) is 10.2 Å². The van der Waals surface area contributed by atoms with E-state index < -0.39 is 10.0 Å². The third kappa shape index (κ3) is 3.60. The van der Waals surface area contributed by atoms with Crippen LogP contribution in [0.4, 0.5) is 5.13 Å². The second-order valence-corrected chi connectivity index (χ2v) is 4.60. The first-order valence-corrected chi connectivity index (χ1v) is 5.68. The predicted molar refractivity (Wildman–Crippen MR) is 46.4 cm³/mol. The molecule has 0 bridgehead atoms. The van der Waals surface area contributed by atoms with Crippen molar-refractivity contribution in [2.45, 2.75) is 0 Å². The van der Waals surface area contributed by atoms with E-state index in [4.69, 9.17) is 5.14 Å². The Kier molecular flexibility index (Phi) is 2.95. The molecule has 0 aliphatic heterocycles. The van der Waals surface area contributed by atoms with Crippen molar-refractivity contribution in [1.29, 1.82) is 0 Å². The molecular formula is C4H8N4O2S2. The Hall–Kier alpha value is -0.730. The predicted octanol–water partition coefficient (Wildman–Crippen LogP) is -0.762. The molecule has 0 saturated carbocycles. The van der Waals surface area contributed by atoms with Crippen LogP contribution in [0.25, 0.3) is 0 Å². The SMILES string of the molecule is NS(=O)(=O)CCNc1nncs1. The molecule has 0 fully saturated rings. The maximum absolute atomic E-state index is 10.5. The molecule has 0 saturated heterocycles. The summed E-state index contributed by atoms with van der Waals surface area (Å²) >= 11 is 1.30. The molecule has 0 aliphatic carbocycles. The van der Waals surface area contributed by atoms with Crippen molar-refractivity contribution in [2.24, 2.45) is 5.14 Å². The van der Waals surface area contributed by atoms with Gasteiger partial charge in [0.25, 0.3) is 0 Å². The summed E-state index contributed by atoms with van der Waals surface area (Å²) < 4.78 is 20.9. The second kappa shape index (κ2) is 3.78. The van der Waals surface area contributed by atoms with E-state index in [1.165, 1.54) is 11.3 Å². The number of aromatic nitrogens is 2. The summed E-state index contributed by atoms with van der Waals surface area (Å²) in [4.78, 5) is 0. The molecule has 8 heteroatoms. The fourth-order valence-corrected chi connectivity index (χ4v) is 1.41. The van der Waals surface area contributed by atoms with Gasteiger partial charge in [0, 0.05) is 6.54 Å². The van der Waals surface area contributed by atoms with Gasteiger partial charge in [-0.2, -0.15) is 0 Å². The molecule has 1 heterocycles. The van der Waals surface area contributed by atoms with E-state index in [1.54, 1.807) is 5.51 Å². The van der Waals surface area contributed by atoms with E-state index in [0.717, 1.165) is 0 Å². The molecule has 0 aromatic carbocycles. The average molecular weight is 208 g/mol. The largest absolute Gasteiger partial charge is 0.359 e. The lowest BCUT2D eigenvalue weighted by Gasteiger charge is -1.98. The van der Waals surface area contributed by atoms with Crippen LogP contribution in [0.5, 0.6) is 0 Å². The summed E-state index contributed by atoms with van der Waals surface area (Å²) in [5.74, 6) is -0.105. The van der Waals surface area contributed by atoms with Crippen molar-refractivity contribution < 1.29 is 8.42 Å². The summed E-state index contributed by atoms with van der Waals surface area (Å²) in [6.45, 7) is 0.258. The summed E-state index contributed by atoms with van der Waals surface area (Å²) in [6.07, 6.45) is 0. The van der Waals surface area contributed by atoms with Gasteiger partial charge >= 0.3 is 0 Å². The van der Waals surface area contributed by atoms with Gasteiger partial charge in [-0.1, -0.05) is 11.3 Å². The molecule has 0 unspecified atom stereocenters. The highest BCUT2D eigenvalue weighted by molar-refractivity contribution is 7.89. The third-order valence-corrected chi connectivity index (χ3v) is 2.44. The number of hydrogen-bond donors (Lipinski definition) is 2. The Morgan fingerprint density at radius 3 is 2.92 bits per heavy atom. The Morgan fingerprint density at radius 2 is 2.42 bits per heavy atom. The van der Waals surface area contributed by atoms with Crippen LogP contribution >= 0.6 is 11.3 Å². The van der Waals surface area contributed by atoms with E-state index in [1.807, 2.05) is 0 Å². The van der Waals surface area contributed by atoms with E-state index in [2.05, 4.69) is 15.5 Å². The molecular weight excluding hydrogens is 200 g/mol.